The van der Waals surface area contributed by atoms with Crippen molar-refractivity contribution in [3.05, 3.63) is 46.6 Å². The van der Waals surface area contributed by atoms with Crippen LogP contribution in [0.25, 0.3) is 16.7 Å². The number of esters is 1. The van der Waals surface area contributed by atoms with Gasteiger partial charge in [0.15, 0.2) is 11.6 Å². The topological polar surface area (TPSA) is 103 Å². The average molecular weight is 429 g/mol. The zero-order chi connectivity index (χ0) is 21.6. The van der Waals surface area contributed by atoms with E-state index >= 15 is 0 Å². The maximum absolute atomic E-state index is 12.6. The molecule has 8 nitrogen and oxygen atoms in total. The summed E-state index contributed by atoms with van der Waals surface area (Å²) in [7, 11) is -3.62. The van der Waals surface area contributed by atoms with Gasteiger partial charge in [0.05, 0.1) is 23.6 Å². The molecule has 0 unspecified atom stereocenters. The Morgan fingerprint density at radius 3 is 2.60 bits per heavy atom. The number of pyridine rings is 1. The van der Waals surface area contributed by atoms with Gasteiger partial charge in [-0.05, 0) is 63.8 Å². The molecular formula is C21H24N4O4S. The van der Waals surface area contributed by atoms with Gasteiger partial charge in [-0.3, -0.25) is 4.72 Å². The first-order chi connectivity index (χ1) is 14.2. The van der Waals surface area contributed by atoms with Gasteiger partial charge in [-0.2, -0.15) is 9.78 Å². The van der Waals surface area contributed by atoms with Crippen molar-refractivity contribution in [3.63, 3.8) is 0 Å². The van der Waals surface area contributed by atoms with Crippen LogP contribution in [-0.4, -0.2) is 41.0 Å². The van der Waals surface area contributed by atoms with E-state index in [-0.39, 0.29) is 18.0 Å². The van der Waals surface area contributed by atoms with Gasteiger partial charge in [0.1, 0.15) is 5.56 Å². The third kappa shape index (κ3) is 3.65. The quantitative estimate of drug-likeness (QED) is 0.604. The standard InChI is InChI=1S/C21H24N4O4S/c1-5-29-21(26)17-11-22-25(20(17)24-30(27,28)15-6-7-15)18-10-13(3)16-9-12(2)8-14(4)19(16)23-18/h8-11,15,24H,5-7H2,1-4H3. The molecular weight excluding hydrogens is 404 g/mol. The summed E-state index contributed by atoms with van der Waals surface area (Å²) in [6.07, 6.45) is 2.51. The molecule has 1 aliphatic rings. The van der Waals surface area contributed by atoms with Crippen molar-refractivity contribution < 1.29 is 17.9 Å². The predicted octanol–water partition coefficient (Wildman–Crippen LogP) is 3.43. The average Bonchev–Trinajstić information content (AvgIpc) is 3.45. The molecule has 2 heterocycles. The first kappa shape index (κ1) is 20.3. The predicted molar refractivity (Wildman–Crippen MR) is 115 cm³/mol. The van der Waals surface area contributed by atoms with Gasteiger partial charge in [-0.25, -0.2) is 18.2 Å². The molecule has 1 aromatic carbocycles. The van der Waals surface area contributed by atoms with Crippen LogP contribution < -0.4 is 4.72 Å². The second-order valence-electron chi connectivity index (χ2n) is 7.66. The number of ether oxygens (including phenoxy) is 1. The fourth-order valence-electron chi connectivity index (χ4n) is 3.51. The van der Waals surface area contributed by atoms with Crippen molar-refractivity contribution in [2.24, 2.45) is 0 Å². The molecule has 1 aliphatic carbocycles. The van der Waals surface area contributed by atoms with Crippen LogP contribution in [0.2, 0.25) is 0 Å². The highest BCUT2D eigenvalue weighted by atomic mass is 32.2. The lowest BCUT2D eigenvalue weighted by atomic mass is 10.0. The van der Waals surface area contributed by atoms with Crippen LogP contribution in [-0.2, 0) is 14.8 Å². The second kappa shape index (κ2) is 7.39. The molecule has 1 saturated carbocycles. The Labute approximate surface area is 175 Å². The van der Waals surface area contributed by atoms with Crippen molar-refractivity contribution in [3.8, 4) is 5.82 Å². The van der Waals surface area contributed by atoms with Gasteiger partial charge >= 0.3 is 5.97 Å². The van der Waals surface area contributed by atoms with Gasteiger partial charge in [0.25, 0.3) is 0 Å². The summed E-state index contributed by atoms with van der Waals surface area (Å²) in [4.78, 5) is 17.2. The number of fused-ring (bicyclic) bond motifs is 1. The van der Waals surface area contributed by atoms with Crippen LogP contribution in [0.1, 0.15) is 46.8 Å². The van der Waals surface area contributed by atoms with Crippen LogP contribution in [0.3, 0.4) is 0 Å². The first-order valence-corrected chi connectivity index (χ1v) is 11.4. The van der Waals surface area contributed by atoms with E-state index in [4.69, 9.17) is 9.72 Å². The van der Waals surface area contributed by atoms with Gasteiger partial charge in [-0.1, -0.05) is 11.6 Å². The van der Waals surface area contributed by atoms with E-state index < -0.39 is 21.2 Å². The van der Waals surface area contributed by atoms with Crippen LogP contribution >= 0.6 is 0 Å². The lowest BCUT2D eigenvalue weighted by Gasteiger charge is -2.14. The second-order valence-corrected chi connectivity index (χ2v) is 9.62. The van der Waals surface area contributed by atoms with Crippen molar-refractivity contribution in [2.75, 3.05) is 11.3 Å². The maximum atomic E-state index is 12.6. The molecule has 0 atom stereocenters. The lowest BCUT2D eigenvalue weighted by molar-refractivity contribution is 0.0527. The molecule has 0 radical (unpaired) electrons. The molecule has 0 amide bonds. The number of benzene rings is 1. The largest absolute Gasteiger partial charge is 0.462 e. The molecule has 1 fully saturated rings. The van der Waals surface area contributed by atoms with Crippen LogP contribution in [0.5, 0.6) is 0 Å². The van der Waals surface area contributed by atoms with Gasteiger partial charge in [0, 0.05) is 5.39 Å². The van der Waals surface area contributed by atoms with E-state index in [1.807, 2.05) is 32.9 Å². The number of aromatic nitrogens is 3. The molecule has 0 aliphatic heterocycles. The van der Waals surface area contributed by atoms with E-state index in [9.17, 15) is 13.2 Å². The Balaban J connectivity index is 1.89. The number of nitrogens with one attached hydrogen (secondary N) is 1. The van der Waals surface area contributed by atoms with Crippen molar-refractivity contribution in [1.82, 2.24) is 14.8 Å². The molecule has 0 spiro atoms. The molecule has 30 heavy (non-hydrogen) atoms. The SMILES string of the molecule is CCOC(=O)c1cnn(-c2cc(C)c3cc(C)cc(C)c3n2)c1NS(=O)(=O)C1CC1. The van der Waals surface area contributed by atoms with E-state index in [0.29, 0.717) is 18.7 Å². The summed E-state index contributed by atoms with van der Waals surface area (Å²) in [6.45, 7) is 7.84. The number of carbonyl (C=O) groups is 1. The van der Waals surface area contributed by atoms with E-state index in [2.05, 4.69) is 15.9 Å². The van der Waals surface area contributed by atoms with Crippen molar-refractivity contribution in [1.29, 1.82) is 0 Å². The lowest BCUT2D eigenvalue weighted by Crippen LogP contribution is -2.22. The Bertz CT molecular complexity index is 1260. The first-order valence-electron chi connectivity index (χ1n) is 9.87. The summed E-state index contributed by atoms with van der Waals surface area (Å²) < 4.78 is 34.2. The highest BCUT2D eigenvalue weighted by molar-refractivity contribution is 7.93. The summed E-state index contributed by atoms with van der Waals surface area (Å²) in [5, 5.41) is 4.85. The van der Waals surface area contributed by atoms with Crippen molar-refractivity contribution in [2.45, 2.75) is 45.8 Å². The molecule has 3 aromatic rings. The number of nitrogens with zero attached hydrogens (tertiary/aromatic N) is 3. The summed E-state index contributed by atoms with van der Waals surface area (Å²) >= 11 is 0. The number of sulfonamides is 1. The minimum atomic E-state index is -3.62. The Morgan fingerprint density at radius 1 is 1.20 bits per heavy atom. The molecule has 0 bridgehead atoms. The van der Waals surface area contributed by atoms with Crippen molar-refractivity contribution >= 4 is 32.7 Å². The van der Waals surface area contributed by atoms with Gasteiger partial charge < -0.3 is 4.74 Å². The fourth-order valence-corrected chi connectivity index (χ4v) is 4.90. The Kier molecular flexibility index (Phi) is 5.01. The number of aryl methyl sites for hydroxylation is 3. The molecule has 9 heteroatoms. The summed E-state index contributed by atoms with van der Waals surface area (Å²) in [5.41, 5.74) is 3.99. The molecule has 1 N–H and O–H groups in total. The number of hydrogen-bond donors (Lipinski definition) is 1. The van der Waals surface area contributed by atoms with E-state index in [1.165, 1.54) is 10.9 Å². The third-order valence-corrected chi connectivity index (χ3v) is 6.95. The zero-order valence-corrected chi connectivity index (χ0v) is 18.2. The number of anilines is 1. The minimum absolute atomic E-state index is 0.0522. The Hall–Kier alpha value is -2.94. The molecule has 0 saturated heterocycles. The summed E-state index contributed by atoms with van der Waals surface area (Å²) in [5.74, 6) is -0.158. The maximum Gasteiger partial charge on any atom is 0.343 e. The summed E-state index contributed by atoms with van der Waals surface area (Å²) in [6, 6.07) is 5.94. The van der Waals surface area contributed by atoms with Crippen LogP contribution in [0.4, 0.5) is 5.82 Å². The molecule has 4 rings (SSSR count). The smallest absolute Gasteiger partial charge is 0.343 e. The Morgan fingerprint density at radius 2 is 1.93 bits per heavy atom. The van der Waals surface area contributed by atoms with E-state index in [1.54, 1.807) is 6.92 Å². The molecule has 2 aromatic heterocycles. The van der Waals surface area contributed by atoms with Crippen LogP contribution in [0, 0.1) is 20.8 Å². The number of rotatable bonds is 6. The van der Waals surface area contributed by atoms with Gasteiger partial charge in [0.2, 0.25) is 10.0 Å². The van der Waals surface area contributed by atoms with Gasteiger partial charge in [-0.15, -0.1) is 0 Å². The number of hydrogen-bond acceptors (Lipinski definition) is 6. The van der Waals surface area contributed by atoms with Crippen LogP contribution in [0.15, 0.2) is 24.4 Å². The third-order valence-electron chi connectivity index (χ3n) is 5.13. The molecule has 158 valence electrons. The monoisotopic (exact) mass is 428 g/mol. The zero-order valence-electron chi connectivity index (χ0n) is 17.4. The van der Waals surface area contributed by atoms with E-state index in [0.717, 1.165) is 27.6 Å². The minimum Gasteiger partial charge on any atom is -0.462 e. The highest BCUT2D eigenvalue weighted by Gasteiger charge is 2.37. The normalized spacial score (nSPS) is 14.1. The number of carbonyl (C=O) groups excluding carboxylic acids is 1. The fraction of sp³-hybridized carbons (Fsp3) is 0.381. The highest BCUT2D eigenvalue weighted by Crippen LogP contribution is 2.32.